The first kappa shape index (κ1) is 12.9. The highest BCUT2D eigenvalue weighted by Gasteiger charge is 2.27. The molecule has 0 radical (unpaired) electrons. The van der Waals surface area contributed by atoms with Crippen LogP contribution in [0.3, 0.4) is 0 Å². The number of hydrogen-bond acceptors (Lipinski definition) is 2. The minimum atomic E-state index is -3.24. The van der Waals surface area contributed by atoms with Crippen LogP contribution in [0.25, 0.3) is 0 Å². The second-order valence-electron chi connectivity index (χ2n) is 4.39. The van der Waals surface area contributed by atoms with Crippen LogP contribution in [0.4, 0.5) is 5.69 Å². The summed E-state index contributed by atoms with van der Waals surface area (Å²) in [5.74, 6) is 0. The normalized spacial score (nSPS) is 17.9. The summed E-state index contributed by atoms with van der Waals surface area (Å²) in [4.78, 5) is 0. The van der Waals surface area contributed by atoms with Gasteiger partial charge >= 0.3 is 0 Å². The first-order valence-electron chi connectivity index (χ1n) is 5.86. The van der Waals surface area contributed by atoms with Crippen molar-refractivity contribution in [1.29, 1.82) is 0 Å². The second kappa shape index (κ2) is 5.40. The molecule has 2 rings (SSSR count). The number of halogens is 1. The molecular weight excluding hydrogens is 302 g/mol. The van der Waals surface area contributed by atoms with Gasteiger partial charge in [-0.3, -0.25) is 4.72 Å². The molecule has 1 aliphatic carbocycles. The molecule has 5 heteroatoms. The van der Waals surface area contributed by atoms with Crippen LogP contribution >= 0.6 is 15.9 Å². The van der Waals surface area contributed by atoms with Gasteiger partial charge in [0.1, 0.15) is 0 Å². The van der Waals surface area contributed by atoms with E-state index in [1.807, 2.05) is 18.2 Å². The molecule has 0 aromatic heterocycles. The highest BCUT2D eigenvalue weighted by Crippen LogP contribution is 2.28. The van der Waals surface area contributed by atoms with Gasteiger partial charge in [-0.25, -0.2) is 8.42 Å². The zero-order chi connectivity index (χ0) is 12.3. The van der Waals surface area contributed by atoms with E-state index in [2.05, 4.69) is 20.7 Å². The summed E-state index contributed by atoms with van der Waals surface area (Å²) in [7, 11) is -3.24. The molecule has 0 heterocycles. The van der Waals surface area contributed by atoms with Crippen LogP contribution in [0.5, 0.6) is 0 Å². The maximum absolute atomic E-state index is 12.2. The zero-order valence-electron chi connectivity index (χ0n) is 9.52. The molecular formula is C12H16BrNO2S. The van der Waals surface area contributed by atoms with E-state index in [4.69, 9.17) is 0 Å². The fraction of sp³-hybridized carbons (Fsp3) is 0.500. The summed E-state index contributed by atoms with van der Waals surface area (Å²) in [5.41, 5.74) is 0.623. The summed E-state index contributed by atoms with van der Waals surface area (Å²) in [5, 5.41) is -0.233. The number of anilines is 1. The highest BCUT2D eigenvalue weighted by molar-refractivity contribution is 9.10. The van der Waals surface area contributed by atoms with E-state index in [1.165, 1.54) is 0 Å². The molecule has 1 aromatic carbocycles. The van der Waals surface area contributed by atoms with Gasteiger partial charge in [0.25, 0.3) is 0 Å². The molecule has 0 atom stereocenters. The van der Waals surface area contributed by atoms with Crippen LogP contribution in [-0.4, -0.2) is 13.7 Å². The van der Waals surface area contributed by atoms with Gasteiger partial charge in [0, 0.05) is 4.47 Å². The van der Waals surface area contributed by atoms with Crippen molar-refractivity contribution in [3.8, 4) is 0 Å². The molecule has 0 unspecified atom stereocenters. The van der Waals surface area contributed by atoms with Crippen LogP contribution in [0.1, 0.15) is 32.1 Å². The molecule has 94 valence electrons. The molecule has 0 amide bonds. The van der Waals surface area contributed by atoms with E-state index in [1.54, 1.807) is 6.07 Å². The topological polar surface area (TPSA) is 46.2 Å². The van der Waals surface area contributed by atoms with Gasteiger partial charge in [-0.1, -0.05) is 31.4 Å². The predicted octanol–water partition coefficient (Wildman–Crippen LogP) is 3.52. The van der Waals surface area contributed by atoms with E-state index < -0.39 is 10.0 Å². The van der Waals surface area contributed by atoms with Crippen LogP contribution < -0.4 is 4.72 Å². The van der Waals surface area contributed by atoms with E-state index in [0.717, 1.165) is 36.6 Å². The number of hydrogen-bond donors (Lipinski definition) is 1. The van der Waals surface area contributed by atoms with Crippen molar-refractivity contribution in [1.82, 2.24) is 0 Å². The Bertz CT molecular complexity index is 481. The van der Waals surface area contributed by atoms with Crippen molar-refractivity contribution in [3.63, 3.8) is 0 Å². The first-order valence-corrected chi connectivity index (χ1v) is 8.20. The fourth-order valence-corrected chi connectivity index (χ4v) is 4.28. The Labute approximate surface area is 111 Å². The fourth-order valence-electron chi connectivity index (χ4n) is 2.16. The maximum atomic E-state index is 12.2. The Morgan fingerprint density at radius 1 is 1.12 bits per heavy atom. The van der Waals surface area contributed by atoms with E-state index in [-0.39, 0.29) is 5.25 Å². The van der Waals surface area contributed by atoms with Crippen LogP contribution in [0.15, 0.2) is 28.7 Å². The van der Waals surface area contributed by atoms with Gasteiger partial charge in [0.05, 0.1) is 10.9 Å². The number of para-hydroxylation sites is 1. The SMILES string of the molecule is O=S(=O)(Nc1ccccc1Br)C1CCCCC1. The monoisotopic (exact) mass is 317 g/mol. The Kier molecular flexibility index (Phi) is 4.09. The summed E-state index contributed by atoms with van der Waals surface area (Å²) >= 11 is 3.35. The molecule has 0 aliphatic heterocycles. The minimum Gasteiger partial charge on any atom is -0.282 e. The second-order valence-corrected chi connectivity index (χ2v) is 7.20. The Morgan fingerprint density at radius 2 is 1.76 bits per heavy atom. The first-order chi connectivity index (χ1) is 8.09. The van der Waals surface area contributed by atoms with Crippen molar-refractivity contribution < 1.29 is 8.42 Å². The Morgan fingerprint density at radius 3 is 2.41 bits per heavy atom. The lowest BCUT2D eigenvalue weighted by atomic mass is 10.0. The van der Waals surface area contributed by atoms with Gasteiger partial charge < -0.3 is 0 Å². The van der Waals surface area contributed by atoms with Gasteiger partial charge in [-0.05, 0) is 40.9 Å². The average Bonchev–Trinajstić information content (AvgIpc) is 2.33. The summed E-state index contributed by atoms with van der Waals surface area (Å²) in [6.07, 6.45) is 4.74. The van der Waals surface area contributed by atoms with E-state index >= 15 is 0 Å². The van der Waals surface area contributed by atoms with Crippen LogP contribution in [-0.2, 0) is 10.0 Å². The van der Waals surface area contributed by atoms with Gasteiger partial charge in [-0.15, -0.1) is 0 Å². The summed E-state index contributed by atoms with van der Waals surface area (Å²) in [6, 6.07) is 7.29. The third kappa shape index (κ3) is 3.22. The smallest absolute Gasteiger partial charge is 0.235 e. The number of sulfonamides is 1. The van der Waals surface area contributed by atoms with Crippen molar-refractivity contribution in [3.05, 3.63) is 28.7 Å². The number of rotatable bonds is 3. The molecule has 1 N–H and O–H groups in total. The zero-order valence-corrected chi connectivity index (χ0v) is 11.9. The minimum absolute atomic E-state index is 0.233. The quantitative estimate of drug-likeness (QED) is 0.927. The maximum Gasteiger partial charge on any atom is 0.235 e. The van der Waals surface area contributed by atoms with E-state index in [9.17, 15) is 8.42 Å². The molecule has 1 saturated carbocycles. The highest BCUT2D eigenvalue weighted by atomic mass is 79.9. The number of benzene rings is 1. The van der Waals surface area contributed by atoms with Gasteiger partial charge in [0.2, 0.25) is 10.0 Å². The third-order valence-corrected chi connectivity index (χ3v) is 5.66. The Balaban J connectivity index is 2.14. The molecule has 0 bridgehead atoms. The summed E-state index contributed by atoms with van der Waals surface area (Å²) in [6.45, 7) is 0. The standard InChI is InChI=1S/C12H16BrNO2S/c13-11-8-4-5-9-12(11)14-17(15,16)10-6-2-1-3-7-10/h4-5,8-10,14H,1-3,6-7H2. The van der Waals surface area contributed by atoms with Gasteiger partial charge in [0.15, 0.2) is 0 Å². The number of nitrogens with one attached hydrogen (secondary N) is 1. The van der Waals surface area contributed by atoms with Crippen molar-refractivity contribution in [2.45, 2.75) is 37.4 Å². The molecule has 3 nitrogen and oxygen atoms in total. The average molecular weight is 318 g/mol. The van der Waals surface area contributed by atoms with Gasteiger partial charge in [-0.2, -0.15) is 0 Å². The lowest BCUT2D eigenvalue weighted by molar-refractivity contribution is 0.486. The molecule has 1 fully saturated rings. The lowest BCUT2D eigenvalue weighted by Gasteiger charge is -2.22. The van der Waals surface area contributed by atoms with E-state index in [0.29, 0.717) is 5.69 Å². The molecule has 17 heavy (non-hydrogen) atoms. The molecule has 1 aliphatic rings. The third-order valence-electron chi connectivity index (χ3n) is 3.12. The molecule has 1 aromatic rings. The van der Waals surface area contributed by atoms with Crippen LogP contribution in [0.2, 0.25) is 0 Å². The molecule has 0 spiro atoms. The van der Waals surface area contributed by atoms with Crippen molar-refractivity contribution in [2.24, 2.45) is 0 Å². The Hall–Kier alpha value is -0.550. The molecule has 0 saturated heterocycles. The predicted molar refractivity (Wildman–Crippen MR) is 73.6 cm³/mol. The lowest BCUT2D eigenvalue weighted by Crippen LogP contribution is -2.29. The van der Waals surface area contributed by atoms with Crippen molar-refractivity contribution in [2.75, 3.05) is 4.72 Å². The largest absolute Gasteiger partial charge is 0.282 e. The summed E-state index contributed by atoms with van der Waals surface area (Å²) < 4.78 is 27.8. The van der Waals surface area contributed by atoms with Crippen LogP contribution in [0, 0.1) is 0 Å². The van der Waals surface area contributed by atoms with Crippen molar-refractivity contribution >= 4 is 31.6 Å².